The average molecular weight is 386 g/mol. The zero-order valence-electron chi connectivity index (χ0n) is 15.0. The molecule has 0 radical (unpaired) electrons. The lowest BCUT2D eigenvalue weighted by molar-refractivity contribution is 0.0135. The van der Waals surface area contributed by atoms with Crippen molar-refractivity contribution in [3.05, 3.63) is 54.1 Å². The zero-order valence-corrected chi connectivity index (χ0v) is 15.8. The Morgan fingerprint density at radius 1 is 1.33 bits per heavy atom. The highest BCUT2D eigenvalue weighted by Crippen LogP contribution is 2.53. The monoisotopic (exact) mass is 386 g/mol. The van der Waals surface area contributed by atoms with Crippen LogP contribution in [-0.4, -0.2) is 35.9 Å². The van der Waals surface area contributed by atoms with Gasteiger partial charge in [-0.25, -0.2) is 13.4 Å². The van der Waals surface area contributed by atoms with Crippen LogP contribution >= 0.6 is 0 Å². The Hall–Kier alpha value is -2.12. The maximum atomic E-state index is 11.8. The van der Waals surface area contributed by atoms with Crippen LogP contribution in [-0.2, 0) is 9.84 Å². The summed E-state index contributed by atoms with van der Waals surface area (Å²) in [4.78, 5) is 4.55. The van der Waals surface area contributed by atoms with Crippen LogP contribution in [0.25, 0.3) is 0 Å². The second kappa shape index (κ2) is 5.94. The average Bonchev–Trinajstić information content (AvgIpc) is 3.22. The van der Waals surface area contributed by atoms with Gasteiger partial charge in [0.15, 0.2) is 9.84 Å². The van der Waals surface area contributed by atoms with E-state index in [9.17, 15) is 13.5 Å². The Morgan fingerprint density at radius 3 is 3.00 bits per heavy atom. The van der Waals surface area contributed by atoms with E-state index in [0.717, 1.165) is 12.8 Å². The molecule has 5 atom stereocenters. The van der Waals surface area contributed by atoms with Crippen molar-refractivity contribution in [2.75, 3.05) is 12.9 Å². The molecule has 0 amide bonds. The number of aliphatic hydroxyl groups excluding tert-OH is 1. The van der Waals surface area contributed by atoms with E-state index in [1.165, 1.54) is 18.0 Å². The number of imidazole rings is 1. The summed E-state index contributed by atoms with van der Waals surface area (Å²) in [6.07, 6.45) is 10.9. The first kappa shape index (κ1) is 17.0. The first-order chi connectivity index (χ1) is 12.9. The molecule has 5 rings (SSSR count). The first-order valence-corrected chi connectivity index (χ1v) is 11.2. The molecule has 7 heteroatoms. The summed E-state index contributed by atoms with van der Waals surface area (Å²) >= 11 is 0. The smallest absolute Gasteiger partial charge is 0.175 e. The Kier molecular flexibility index (Phi) is 3.74. The van der Waals surface area contributed by atoms with E-state index in [0.29, 0.717) is 29.8 Å². The summed E-state index contributed by atoms with van der Waals surface area (Å²) in [6.45, 7) is 0.348. The van der Waals surface area contributed by atoms with Gasteiger partial charge in [-0.15, -0.1) is 0 Å². The molecule has 0 saturated heterocycles. The molecule has 6 nitrogen and oxygen atoms in total. The lowest BCUT2D eigenvalue weighted by Gasteiger charge is -2.37. The quantitative estimate of drug-likeness (QED) is 0.803. The van der Waals surface area contributed by atoms with E-state index in [-0.39, 0.29) is 16.9 Å². The van der Waals surface area contributed by atoms with Gasteiger partial charge in [-0.1, -0.05) is 18.2 Å². The fourth-order valence-electron chi connectivity index (χ4n) is 4.99. The van der Waals surface area contributed by atoms with Crippen LogP contribution in [0.1, 0.15) is 42.2 Å². The van der Waals surface area contributed by atoms with Gasteiger partial charge in [0.25, 0.3) is 0 Å². The number of rotatable bonds is 2. The van der Waals surface area contributed by atoms with E-state index in [1.54, 1.807) is 12.1 Å². The van der Waals surface area contributed by atoms with Gasteiger partial charge >= 0.3 is 0 Å². The molecule has 1 N–H and O–H groups in total. The number of sulfone groups is 1. The minimum absolute atomic E-state index is 0.0850. The standard InChI is InChI=1S/C20H22N2O4S/c1-27(24,25)12-6-7-15-18(8-12)26-10-16(20(15)23)19-14-5-3-2-4-13(14)17-9-21-11-22(17)19/h3,5-9,11,13-14,16,19-20,23H,2,4,10H2,1H3/t13?,14?,16-,19-,20-/m0/s1. The van der Waals surface area contributed by atoms with Crippen LogP contribution in [0.5, 0.6) is 5.75 Å². The first-order valence-electron chi connectivity index (χ1n) is 9.28. The molecule has 0 spiro atoms. The lowest BCUT2D eigenvalue weighted by atomic mass is 9.75. The Balaban J connectivity index is 1.53. The number of allylic oxidation sites excluding steroid dienone is 2. The summed E-state index contributed by atoms with van der Waals surface area (Å²) in [5.74, 6) is 1.11. The third-order valence-electron chi connectivity index (χ3n) is 6.27. The summed E-state index contributed by atoms with van der Waals surface area (Å²) < 4.78 is 31.8. The van der Waals surface area contributed by atoms with E-state index >= 15 is 0 Å². The Morgan fingerprint density at radius 2 is 2.19 bits per heavy atom. The number of benzene rings is 1. The van der Waals surface area contributed by atoms with Gasteiger partial charge in [0.1, 0.15) is 5.75 Å². The highest BCUT2D eigenvalue weighted by atomic mass is 32.2. The highest BCUT2D eigenvalue weighted by molar-refractivity contribution is 7.90. The fourth-order valence-corrected chi connectivity index (χ4v) is 5.63. The topological polar surface area (TPSA) is 81.4 Å². The van der Waals surface area contributed by atoms with Crippen molar-refractivity contribution in [3.8, 4) is 5.75 Å². The van der Waals surface area contributed by atoms with Crippen molar-refractivity contribution >= 4 is 9.84 Å². The van der Waals surface area contributed by atoms with Gasteiger partial charge in [0.2, 0.25) is 0 Å². The summed E-state index contributed by atoms with van der Waals surface area (Å²) in [6, 6.07) is 4.83. The zero-order chi connectivity index (χ0) is 18.8. The molecular formula is C20H22N2O4S. The van der Waals surface area contributed by atoms with E-state index < -0.39 is 15.9 Å². The molecule has 142 valence electrons. The molecule has 2 unspecified atom stereocenters. The predicted molar refractivity (Wildman–Crippen MR) is 99.4 cm³/mol. The van der Waals surface area contributed by atoms with Gasteiger partial charge in [-0.3, -0.25) is 0 Å². The highest BCUT2D eigenvalue weighted by Gasteiger charge is 2.47. The second-order valence-electron chi connectivity index (χ2n) is 7.80. The largest absolute Gasteiger partial charge is 0.493 e. The van der Waals surface area contributed by atoms with Crippen LogP contribution in [0.2, 0.25) is 0 Å². The molecule has 27 heavy (non-hydrogen) atoms. The Labute approximate surface area is 158 Å². The van der Waals surface area contributed by atoms with Gasteiger partial charge in [0.05, 0.1) is 30.0 Å². The van der Waals surface area contributed by atoms with E-state index in [4.69, 9.17) is 4.74 Å². The molecule has 0 saturated carbocycles. The predicted octanol–water partition coefficient (Wildman–Crippen LogP) is 2.63. The summed E-state index contributed by atoms with van der Waals surface area (Å²) in [7, 11) is -3.31. The fraction of sp³-hybridized carbons (Fsp3) is 0.450. The molecule has 1 aromatic carbocycles. The molecule has 1 aliphatic carbocycles. The van der Waals surface area contributed by atoms with Gasteiger partial charge in [-0.05, 0) is 25.0 Å². The second-order valence-corrected chi connectivity index (χ2v) is 9.81. The summed E-state index contributed by atoms with van der Waals surface area (Å²) in [5, 5.41) is 11.1. The SMILES string of the molecule is CS(=O)(=O)c1ccc2c(c1)OC[C@@H]([C@@H]1C3C=CCCC3c3cncn31)[C@H]2O. The maximum Gasteiger partial charge on any atom is 0.175 e. The molecular weight excluding hydrogens is 364 g/mol. The molecule has 0 bridgehead atoms. The number of nitrogens with zero attached hydrogens (tertiary/aromatic N) is 2. The third-order valence-corrected chi connectivity index (χ3v) is 7.38. The van der Waals surface area contributed by atoms with Crippen molar-refractivity contribution in [1.29, 1.82) is 0 Å². The van der Waals surface area contributed by atoms with Crippen LogP contribution in [0.4, 0.5) is 0 Å². The number of ether oxygens (including phenoxy) is 1. The number of aromatic nitrogens is 2. The van der Waals surface area contributed by atoms with Crippen LogP contribution in [0.15, 0.2) is 47.8 Å². The Bertz CT molecular complexity index is 1030. The molecule has 2 aromatic rings. The van der Waals surface area contributed by atoms with Crippen LogP contribution < -0.4 is 4.74 Å². The van der Waals surface area contributed by atoms with Crippen molar-refractivity contribution in [2.24, 2.45) is 11.8 Å². The van der Waals surface area contributed by atoms with Crippen molar-refractivity contribution in [2.45, 2.75) is 35.8 Å². The van der Waals surface area contributed by atoms with Gasteiger partial charge in [0, 0.05) is 41.5 Å². The van der Waals surface area contributed by atoms with Crippen molar-refractivity contribution < 1.29 is 18.3 Å². The maximum absolute atomic E-state index is 11.8. The minimum Gasteiger partial charge on any atom is -0.493 e. The van der Waals surface area contributed by atoms with Crippen molar-refractivity contribution in [3.63, 3.8) is 0 Å². The number of hydrogen-bond donors (Lipinski definition) is 1. The molecule has 2 aliphatic heterocycles. The van der Waals surface area contributed by atoms with E-state index in [2.05, 4.69) is 21.7 Å². The molecule has 3 heterocycles. The number of aliphatic hydroxyl groups is 1. The molecule has 3 aliphatic rings. The molecule has 0 fully saturated rings. The normalized spacial score (nSPS) is 31.7. The third kappa shape index (κ3) is 2.56. The van der Waals surface area contributed by atoms with E-state index in [1.807, 2.05) is 12.5 Å². The van der Waals surface area contributed by atoms with Crippen molar-refractivity contribution in [1.82, 2.24) is 9.55 Å². The molecule has 1 aromatic heterocycles. The lowest BCUT2D eigenvalue weighted by Crippen LogP contribution is -2.35. The van der Waals surface area contributed by atoms with Gasteiger partial charge < -0.3 is 14.4 Å². The number of hydrogen-bond acceptors (Lipinski definition) is 5. The van der Waals surface area contributed by atoms with Gasteiger partial charge in [-0.2, -0.15) is 0 Å². The summed E-state index contributed by atoms with van der Waals surface area (Å²) in [5.41, 5.74) is 1.89. The number of fused-ring (bicyclic) bond motifs is 4. The van der Waals surface area contributed by atoms with Crippen LogP contribution in [0, 0.1) is 11.8 Å². The minimum atomic E-state index is -3.31. The van der Waals surface area contributed by atoms with Crippen LogP contribution in [0.3, 0.4) is 0 Å².